The number of carbonyl (C=O) groups is 1. The minimum atomic E-state index is -0.379. The molecule has 0 bridgehead atoms. The monoisotopic (exact) mass is 414 g/mol. The summed E-state index contributed by atoms with van der Waals surface area (Å²) < 4.78 is 20.1. The van der Waals surface area contributed by atoms with Gasteiger partial charge in [0.25, 0.3) is 0 Å². The normalized spacial score (nSPS) is 10.9. The highest BCUT2D eigenvalue weighted by Gasteiger charge is 2.12. The summed E-state index contributed by atoms with van der Waals surface area (Å²) in [6.45, 7) is 3.48. The number of hydrogen-bond donors (Lipinski definition) is 1. The minimum Gasteiger partial charge on any atom is -0.465 e. The lowest BCUT2D eigenvalue weighted by Crippen LogP contribution is -2.19. The standard InChI is InChI=1S/C21H23FN4O2S/c1-14-8-16(21(27)28-2)9-18(25-14)10-23-11-19-24-12-20(29-3)26(19)13-15-4-6-17(22)7-5-15/h4-9,12,23H,10-11,13H2,1-3H3. The first-order chi connectivity index (χ1) is 14.0. The van der Waals surface area contributed by atoms with Gasteiger partial charge in [0.2, 0.25) is 0 Å². The van der Waals surface area contributed by atoms with E-state index in [0.29, 0.717) is 25.2 Å². The molecule has 0 aliphatic rings. The first kappa shape index (κ1) is 21.0. The van der Waals surface area contributed by atoms with Crippen molar-refractivity contribution in [1.82, 2.24) is 19.9 Å². The molecule has 6 nitrogen and oxygen atoms in total. The third-order valence-electron chi connectivity index (χ3n) is 4.38. The quantitative estimate of drug-likeness (QED) is 0.449. The number of rotatable bonds is 8. The molecular weight excluding hydrogens is 391 g/mol. The van der Waals surface area contributed by atoms with E-state index in [1.54, 1.807) is 36.0 Å². The van der Waals surface area contributed by atoms with Crippen molar-refractivity contribution in [3.8, 4) is 0 Å². The number of halogens is 1. The lowest BCUT2D eigenvalue weighted by Gasteiger charge is -2.12. The van der Waals surface area contributed by atoms with Crippen LogP contribution in [0, 0.1) is 12.7 Å². The van der Waals surface area contributed by atoms with E-state index < -0.39 is 0 Å². The molecule has 3 aromatic rings. The third kappa shape index (κ3) is 5.42. The summed E-state index contributed by atoms with van der Waals surface area (Å²) in [6, 6.07) is 9.92. The molecule has 1 aromatic carbocycles. The number of nitrogens with one attached hydrogen (secondary N) is 1. The van der Waals surface area contributed by atoms with E-state index in [2.05, 4.69) is 19.9 Å². The molecule has 0 aliphatic carbocycles. The Morgan fingerprint density at radius 2 is 2.00 bits per heavy atom. The molecule has 0 unspecified atom stereocenters. The summed E-state index contributed by atoms with van der Waals surface area (Å²) in [7, 11) is 1.36. The largest absolute Gasteiger partial charge is 0.465 e. The highest BCUT2D eigenvalue weighted by molar-refractivity contribution is 7.98. The first-order valence-electron chi connectivity index (χ1n) is 9.09. The van der Waals surface area contributed by atoms with Crippen LogP contribution in [0.25, 0.3) is 0 Å². The van der Waals surface area contributed by atoms with Crippen LogP contribution in [-0.4, -0.2) is 33.9 Å². The predicted molar refractivity (Wildman–Crippen MR) is 110 cm³/mol. The lowest BCUT2D eigenvalue weighted by molar-refractivity contribution is 0.0600. The SMILES string of the molecule is COC(=O)c1cc(C)nc(CNCc2ncc(SC)n2Cc2ccc(F)cc2)c1. The van der Waals surface area contributed by atoms with Gasteiger partial charge in [0.05, 0.1) is 36.1 Å². The molecule has 2 heterocycles. The summed E-state index contributed by atoms with van der Waals surface area (Å²) in [6.07, 6.45) is 3.84. The molecule has 0 atom stereocenters. The van der Waals surface area contributed by atoms with Gasteiger partial charge >= 0.3 is 5.97 Å². The number of benzene rings is 1. The van der Waals surface area contributed by atoms with Crippen molar-refractivity contribution in [2.75, 3.05) is 13.4 Å². The topological polar surface area (TPSA) is 69.0 Å². The van der Waals surface area contributed by atoms with Crippen LogP contribution in [-0.2, 0) is 24.4 Å². The van der Waals surface area contributed by atoms with Gasteiger partial charge in [-0.05, 0) is 43.0 Å². The average Bonchev–Trinajstić information content (AvgIpc) is 3.10. The van der Waals surface area contributed by atoms with Crippen molar-refractivity contribution < 1.29 is 13.9 Å². The molecule has 0 spiro atoms. The fraction of sp³-hybridized carbons (Fsp3) is 0.286. The van der Waals surface area contributed by atoms with Gasteiger partial charge in [-0.3, -0.25) is 4.98 Å². The smallest absolute Gasteiger partial charge is 0.337 e. The van der Waals surface area contributed by atoms with Crippen LogP contribution in [0.5, 0.6) is 0 Å². The zero-order valence-electron chi connectivity index (χ0n) is 16.6. The summed E-state index contributed by atoms with van der Waals surface area (Å²) in [4.78, 5) is 20.8. The van der Waals surface area contributed by atoms with E-state index in [-0.39, 0.29) is 11.8 Å². The number of thioether (sulfide) groups is 1. The molecule has 8 heteroatoms. The van der Waals surface area contributed by atoms with E-state index >= 15 is 0 Å². The number of nitrogens with zero attached hydrogens (tertiary/aromatic N) is 3. The van der Waals surface area contributed by atoms with Crippen molar-refractivity contribution in [3.63, 3.8) is 0 Å². The maximum Gasteiger partial charge on any atom is 0.337 e. The molecule has 0 aliphatic heterocycles. The van der Waals surface area contributed by atoms with Crippen LogP contribution in [0.1, 0.15) is 33.1 Å². The number of aryl methyl sites for hydroxylation is 1. The molecule has 0 saturated heterocycles. The van der Waals surface area contributed by atoms with E-state index in [4.69, 9.17) is 4.74 Å². The predicted octanol–water partition coefficient (Wildman–Crippen LogP) is 3.57. The second kappa shape index (κ2) is 9.67. The Hall–Kier alpha value is -2.71. The van der Waals surface area contributed by atoms with E-state index in [1.807, 2.05) is 19.4 Å². The molecule has 1 N–H and O–H groups in total. The Labute approximate surface area is 173 Å². The van der Waals surface area contributed by atoms with Crippen molar-refractivity contribution in [2.45, 2.75) is 31.6 Å². The fourth-order valence-corrected chi connectivity index (χ4v) is 3.56. The summed E-state index contributed by atoms with van der Waals surface area (Å²) >= 11 is 1.61. The Bertz CT molecular complexity index is 989. The zero-order valence-corrected chi connectivity index (χ0v) is 17.4. The molecule has 29 heavy (non-hydrogen) atoms. The number of aromatic nitrogens is 3. The van der Waals surface area contributed by atoms with Crippen LogP contribution in [0.4, 0.5) is 4.39 Å². The molecule has 0 radical (unpaired) electrons. The molecule has 0 fully saturated rings. The minimum absolute atomic E-state index is 0.247. The molecule has 3 rings (SSSR count). The maximum atomic E-state index is 13.2. The first-order valence-corrected chi connectivity index (χ1v) is 10.3. The molecule has 0 saturated carbocycles. The third-order valence-corrected chi connectivity index (χ3v) is 5.13. The van der Waals surface area contributed by atoms with Crippen molar-refractivity contribution in [1.29, 1.82) is 0 Å². The van der Waals surface area contributed by atoms with Gasteiger partial charge in [0.15, 0.2) is 0 Å². The number of hydrogen-bond acceptors (Lipinski definition) is 6. The molecule has 2 aromatic heterocycles. The zero-order chi connectivity index (χ0) is 20.8. The van der Waals surface area contributed by atoms with Crippen LogP contribution >= 0.6 is 11.8 Å². The number of esters is 1. The second-order valence-corrected chi connectivity index (χ2v) is 7.34. The Morgan fingerprint density at radius 1 is 1.24 bits per heavy atom. The lowest BCUT2D eigenvalue weighted by atomic mass is 10.2. The maximum absolute atomic E-state index is 13.2. The number of ether oxygens (including phenoxy) is 1. The average molecular weight is 415 g/mol. The highest BCUT2D eigenvalue weighted by atomic mass is 32.2. The highest BCUT2D eigenvalue weighted by Crippen LogP contribution is 2.19. The fourth-order valence-electron chi connectivity index (χ4n) is 3.01. The molecular formula is C21H23FN4O2S. The Morgan fingerprint density at radius 3 is 2.69 bits per heavy atom. The summed E-state index contributed by atoms with van der Waals surface area (Å²) in [5.74, 6) is 0.249. The van der Waals surface area contributed by atoms with Gasteiger partial charge in [-0.25, -0.2) is 14.2 Å². The van der Waals surface area contributed by atoms with Crippen LogP contribution < -0.4 is 5.32 Å². The summed E-state index contributed by atoms with van der Waals surface area (Å²) in [5.41, 5.74) is 3.00. The summed E-state index contributed by atoms with van der Waals surface area (Å²) in [5, 5.41) is 4.37. The van der Waals surface area contributed by atoms with Crippen molar-refractivity contribution in [2.24, 2.45) is 0 Å². The van der Waals surface area contributed by atoms with Crippen LogP contribution in [0.2, 0.25) is 0 Å². The van der Waals surface area contributed by atoms with Gasteiger partial charge in [-0.1, -0.05) is 12.1 Å². The number of methoxy groups -OCH3 is 1. The van der Waals surface area contributed by atoms with Crippen molar-refractivity contribution in [3.05, 3.63) is 76.8 Å². The van der Waals surface area contributed by atoms with Gasteiger partial charge in [0, 0.05) is 18.8 Å². The Balaban J connectivity index is 1.70. The van der Waals surface area contributed by atoms with E-state index in [9.17, 15) is 9.18 Å². The van der Waals surface area contributed by atoms with E-state index in [0.717, 1.165) is 27.8 Å². The Kier molecular flexibility index (Phi) is 7.00. The van der Waals surface area contributed by atoms with Crippen LogP contribution in [0.15, 0.2) is 47.6 Å². The van der Waals surface area contributed by atoms with E-state index in [1.165, 1.54) is 19.2 Å². The number of pyridine rings is 1. The van der Waals surface area contributed by atoms with Gasteiger partial charge in [-0.15, -0.1) is 11.8 Å². The van der Waals surface area contributed by atoms with Crippen molar-refractivity contribution >= 4 is 17.7 Å². The molecule has 0 amide bonds. The van der Waals surface area contributed by atoms with Crippen LogP contribution in [0.3, 0.4) is 0 Å². The van der Waals surface area contributed by atoms with Gasteiger partial charge < -0.3 is 14.6 Å². The van der Waals surface area contributed by atoms with Gasteiger partial charge in [-0.2, -0.15) is 0 Å². The molecule has 152 valence electrons. The van der Waals surface area contributed by atoms with Gasteiger partial charge in [0.1, 0.15) is 11.6 Å². The number of carbonyl (C=O) groups excluding carboxylic acids is 1. The number of imidazole rings is 1. The second-order valence-electron chi connectivity index (χ2n) is 6.51.